The molecule has 3 aromatic rings. The van der Waals surface area contributed by atoms with Gasteiger partial charge in [0.25, 0.3) is 5.92 Å². The van der Waals surface area contributed by atoms with Crippen LogP contribution in [0.1, 0.15) is 70.0 Å². The van der Waals surface area contributed by atoms with E-state index in [1.165, 1.54) is 32.9 Å². The number of rotatable bonds is 7. The Kier molecular flexibility index (Phi) is 7.39. The molecule has 1 saturated carbocycles. The summed E-state index contributed by atoms with van der Waals surface area (Å²) in [7, 11) is 0. The molecule has 2 fully saturated rings. The molecule has 5 rings (SSSR count). The number of nitrogens with zero attached hydrogens (tertiary/aromatic N) is 6. The van der Waals surface area contributed by atoms with Gasteiger partial charge >= 0.3 is 0 Å². The van der Waals surface area contributed by atoms with Crippen molar-refractivity contribution in [1.29, 1.82) is 5.26 Å². The second kappa shape index (κ2) is 10.4. The first-order chi connectivity index (χ1) is 19.3. The van der Waals surface area contributed by atoms with Crippen LogP contribution in [0, 0.1) is 29.5 Å². The third kappa shape index (κ3) is 5.32. The van der Waals surface area contributed by atoms with Gasteiger partial charge in [0, 0.05) is 55.3 Å². The molecule has 10 heteroatoms. The Balaban J connectivity index is 1.51. The average Bonchev–Trinajstić information content (AvgIpc) is 3.72. The van der Waals surface area contributed by atoms with Gasteiger partial charge < -0.3 is 10.2 Å². The molecule has 1 saturated heterocycles. The minimum absolute atomic E-state index is 0.0525. The number of nitriles is 1. The third-order valence-electron chi connectivity index (χ3n) is 8.41. The topological polar surface area (TPSA) is 81.0 Å². The van der Waals surface area contributed by atoms with E-state index in [-0.39, 0.29) is 12.1 Å². The molecule has 7 nitrogen and oxygen atoms in total. The number of anilines is 2. The second-order valence-corrected chi connectivity index (χ2v) is 12.6. The van der Waals surface area contributed by atoms with Crippen molar-refractivity contribution in [3.05, 3.63) is 52.6 Å². The van der Waals surface area contributed by atoms with Crippen molar-refractivity contribution in [2.24, 2.45) is 5.41 Å². The van der Waals surface area contributed by atoms with Crippen LogP contribution in [0.5, 0.6) is 0 Å². The first kappa shape index (κ1) is 29.1. The van der Waals surface area contributed by atoms with Crippen molar-refractivity contribution in [1.82, 2.24) is 19.9 Å². The van der Waals surface area contributed by atoms with Gasteiger partial charge in [-0.1, -0.05) is 39.0 Å². The monoisotopic (exact) mass is 565 g/mol. The van der Waals surface area contributed by atoms with Crippen LogP contribution in [0.4, 0.5) is 24.8 Å². The van der Waals surface area contributed by atoms with E-state index in [0.717, 1.165) is 56.5 Å². The summed E-state index contributed by atoms with van der Waals surface area (Å²) in [6.45, 7) is 13.7. The van der Waals surface area contributed by atoms with E-state index in [9.17, 15) is 5.26 Å². The SMILES string of the molecule is Cc1nc(NCc2cccc(C(F)(F)C(C)(C)C)c2F)c2cc(C3(C#N)CC3)c(N3CCN(C(C)C)CC3)nc2n1. The van der Waals surface area contributed by atoms with Crippen LogP contribution in [-0.4, -0.2) is 52.1 Å². The summed E-state index contributed by atoms with van der Waals surface area (Å²) in [6, 6.07) is 9.01. The zero-order valence-corrected chi connectivity index (χ0v) is 24.7. The summed E-state index contributed by atoms with van der Waals surface area (Å²) in [4.78, 5) is 18.8. The lowest BCUT2D eigenvalue weighted by molar-refractivity contribution is -0.107. The quantitative estimate of drug-likeness (QED) is 0.360. The van der Waals surface area contributed by atoms with Crippen molar-refractivity contribution in [3.8, 4) is 6.07 Å². The van der Waals surface area contributed by atoms with E-state index in [2.05, 4.69) is 45.0 Å². The van der Waals surface area contributed by atoms with Gasteiger partial charge in [0.15, 0.2) is 5.65 Å². The highest BCUT2D eigenvalue weighted by atomic mass is 19.3. The lowest BCUT2D eigenvalue weighted by Gasteiger charge is -2.38. The largest absolute Gasteiger partial charge is 0.365 e. The fourth-order valence-corrected chi connectivity index (χ4v) is 5.44. The lowest BCUT2D eigenvalue weighted by Crippen LogP contribution is -2.49. The Bertz CT molecular complexity index is 1490. The lowest BCUT2D eigenvalue weighted by atomic mass is 9.83. The molecule has 2 aromatic heterocycles. The maximum absolute atomic E-state index is 15.4. The van der Waals surface area contributed by atoms with Crippen LogP contribution >= 0.6 is 0 Å². The molecule has 218 valence electrons. The van der Waals surface area contributed by atoms with Crippen LogP contribution in [0.15, 0.2) is 24.3 Å². The zero-order valence-electron chi connectivity index (χ0n) is 24.7. The van der Waals surface area contributed by atoms with E-state index >= 15 is 13.2 Å². The fraction of sp³-hybridized carbons (Fsp3) is 0.548. The maximum Gasteiger partial charge on any atom is 0.280 e. The molecule has 0 bridgehead atoms. The molecule has 0 atom stereocenters. The predicted octanol–water partition coefficient (Wildman–Crippen LogP) is 6.31. The second-order valence-electron chi connectivity index (χ2n) is 12.6. The molecule has 41 heavy (non-hydrogen) atoms. The number of aromatic nitrogens is 3. The smallest absolute Gasteiger partial charge is 0.280 e. The Morgan fingerprint density at radius 2 is 1.76 bits per heavy atom. The van der Waals surface area contributed by atoms with Gasteiger partial charge in [0.1, 0.15) is 23.3 Å². The van der Waals surface area contributed by atoms with Crippen molar-refractivity contribution < 1.29 is 13.2 Å². The summed E-state index contributed by atoms with van der Waals surface area (Å²) in [6.07, 6.45) is 1.51. The Morgan fingerprint density at radius 3 is 2.34 bits per heavy atom. The third-order valence-corrected chi connectivity index (χ3v) is 8.41. The minimum Gasteiger partial charge on any atom is -0.365 e. The molecule has 3 heterocycles. The fourth-order valence-electron chi connectivity index (χ4n) is 5.44. The van der Waals surface area contributed by atoms with Crippen molar-refractivity contribution in [2.75, 3.05) is 36.4 Å². The summed E-state index contributed by atoms with van der Waals surface area (Å²) >= 11 is 0. The van der Waals surface area contributed by atoms with Gasteiger partial charge in [0.05, 0.1) is 22.4 Å². The van der Waals surface area contributed by atoms with Crippen LogP contribution in [0.3, 0.4) is 0 Å². The molecule has 0 spiro atoms. The number of alkyl halides is 2. The molecule has 2 aliphatic rings. The number of nitrogens with one attached hydrogen (secondary N) is 1. The normalized spacial score (nSPS) is 17.6. The van der Waals surface area contributed by atoms with Crippen LogP contribution in [0.25, 0.3) is 11.0 Å². The number of hydrogen-bond acceptors (Lipinski definition) is 7. The van der Waals surface area contributed by atoms with E-state index in [0.29, 0.717) is 28.7 Å². The summed E-state index contributed by atoms with van der Waals surface area (Å²) < 4.78 is 45.5. The van der Waals surface area contributed by atoms with Crippen LogP contribution < -0.4 is 10.2 Å². The van der Waals surface area contributed by atoms with Crippen molar-refractivity contribution in [3.63, 3.8) is 0 Å². The number of aryl methyl sites for hydroxylation is 1. The number of piperazine rings is 1. The standard InChI is InChI=1S/C31H38F3N7/c1-19(2)40-12-14-41(15-13-40)28-24(30(18-35)10-11-30)16-22-26(37-20(3)38-27(22)39-28)36-17-21-8-7-9-23(25(21)32)31(33,34)29(4,5)6/h7-9,16,19H,10-15,17H2,1-6H3,(H,36,37,38,39). The highest BCUT2D eigenvalue weighted by Crippen LogP contribution is 2.51. The average molecular weight is 566 g/mol. The summed E-state index contributed by atoms with van der Waals surface area (Å²) in [5, 5.41) is 13.9. The Hall–Kier alpha value is -3.45. The molecular formula is C31H38F3N7. The molecular weight excluding hydrogens is 527 g/mol. The van der Waals surface area contributed by atoms with Crippen molar-refractivity contribution >= 4 is 22.7 Å². The predicted molar refractivity (Wildman–Crippen MR) is 155 cm³/mol. The Labute approximate surface area is 239 Å². The maximum atomic E-state index is 15.4. The van der Waals surface area contributed by atoms with Gasteiger partial charge in [-0.05, 0) is 39.7 Å². The van der Waals surface area contributed by atoms with Gasteiger partial charge in [0.2, 0.25) is 0 Å². The van der Waals surface area contributed by atoms with Crippen LogP contribution in [0.2, 0.25) is 0 Å². The van der Waals surface area contributed by atoms with Crippen molar-refractivity contribution in [2.45, 2.75) is 78.3 Å². The minimum atomic E-state index is -3.35. The van der Waals surface area contributed by atoms with E-state index < -0.39 is 28.1 Å². The highest BCUT2D eigenvalue weighted by Gasteiger charge is 2.48. The van der Waals surface area contributed by atoms with Crippen LogP contribution in [-0.2, 0) is 17.9 Å². The molecule has 1 aromatic carbocycles. The number of hydrogen-bond donors (Lipinski definition) is 1. The Morgan fingerprint density at radius 1 is 1.07 bits per heavy atom. The molecule has 0 radical (unpaired) electrons. The zero-order chi connectivity index (χ0) is 29.7. The molecule has 1 aliphatic carbocycles. The highest BCUT2D eigenvalue weighted by molar-refractivity contribution is 5.89. The number of fused-ring (bicyclic) bond motifs is 1. The van der Waals surface area contributed by atoms with Gasteiger partial charge in [-0.2, -0.15) is 5.26 Å². The van der Waals surface area contributed by atoms with E-state index in [4.69, 9.17) is 4.98 Å². The summed E-state index contributed by atoms with van der Waals surface area (Å²) in [5.74, 6) is -2.59. The first-order valence-corrected chi connectivity index (χ1v) is 14.3. The first-order valence-electron chi connectivity index (χ1n) is 14.3. The molecule has 1 aliphatic heterocycles. The molecule has 1 N–H and O–H groups in total. The molecule has 0 unspecified atom stereocenters. The van der Waals surface area contributed by atoms with E-state index in [1.807, 2.05) is 6.07 Å². The van der Waals surface area contributed by atoms with Gasteiger partial charge in [-0.25, -0.2) is 28.1 Å². The summed E-state index contributed by atoms with van der Waals surface area (Å²) in [5.41, 5.74) is -1.22. The molecule has 0 amide bonds. The number of halogens is 3. The van der Waals surface area contributed by atoms with E-state index in [1.54, 1.807) is 6.92 Å². The van der Waals surface area contributed by atoms with Gasteiger partial charge in [-0.15, -0.1) is 0 Å². The number of benzene rings is 1. The number of pyridine rings is 1. The van der Waals surface area contributed by atoms with Gasteiger partial charge in [-0.3, -0.25) is 4.90 Å².